The molecule has 1 aromatic rings. The van der Waals surface area contributed by atoms with Crippen LogP contribution in [-0.2, 0) is 6.42 Å². The zero-order valence-electron chi connectivity index (χ0n) is 9.08. The fourth-order valence-electron chi connectivity index (χ4n) is 2.92. The molecule has 0 radical (unpaired) electrons. The predicted molar refractivity (Wildman–Crippen MR) is 63.1 cm³/mol. The van der Waals surface area contributed by atoms with E-state index < -0.39 is 0 Å². The maximum absolute atomic E-state index is 6.10. The van der Waals surface area contributed by atoms with Crippen molar-refractivity contribution in [2.24, 2.45) is 5.73 Å². The van der Waals surface area contributed by atoms with E-state index in [1.54, 1.807) is 0 Å². The van der Waals surface area contributed by atoms with Crippen LogP contribution in [0.2, 0.25) is 0 Å². The van der Waals surface area contributed by atoms with Crippen LogP contribution in [0.1, 0.15) is 36.4 Å². The molecule has 1 saturated heterocycles. The molecule has 15 heavy (non-hydrogen) atoms. The molecule has 2 nitrogen and oxygen atoms in total. The molecule has 2 heteroatoms. The highest BCUT2D eigenvalue weighted by Gasteiger charge is 2.24. The van der Waals surface area contributed by atoms with Gasteiger partial charge in [-0.15, -0.1) is 0 Å². The van der Waals surface area contributed by atoms with E-state index in [0.717, 1.165) is 6.42 Å². The van der Waals surface area contributed by atoms with Crippen molar-refractivity contribution in [2.75, 3.05) is 18.0 Å². The lowest BCUT2D eigenvalue weighted by atomic mass is 10.1. The van der Waals surface area contributed by atoms with E-state index in [2.05, 4.69) is 23.1 Å². The van der Waals surface area contributed by atoms with Crippen LogP contribution in [-0.4, -0.2) is 13.1 Å². The molecule has 3 rings (SSSR count). The summed E-state index contributed by atoms with van der Waals surface area (Å²) in [6.07, 6.45) is 4.98. The summed E-state index contributed by atoms with van der Waals surface area (Å²) in [6.45, 7) is 2.46. The molecule has 1 unspecified atom stereocenters. The summed E-state index contributed by atoms with van der Waals surface area (Å²) in [5.41, 5.74) is 10.5. The highest BCUT2D eigenvalue weighted by molar-refractivity contribution is 5.59. The van der Waals surface area contributed by atoms with E-state index in [0.29, 0.717) is 0 Å². The molecule has 80 valence electrons. The van der Waals surface area contributed by atoms with Crippen molar-refractivity contribution in [3.63, 3.8) is 0 Å². The molecule has 1 atom stereocenters. The number of nitrogens with zero attached hydrogens (tertiary/aromatic N) is 1. The third-order valence-electron chi connectivity index (χ3n) is 3.74. The second kappa shape index (κ2) is 3.53. The van der Waals surface area contributed by atoms with E-state index in [1.165, 1.54) is 49.2 Å². The van der Waals surface area contributed by atoms with Crippen molar-refractivity contribution in [3.8, 4) is 0 Å². The summed E-state index contributed by atoms with van der Waals surface area (Å²) < 4.78 is 0. The quantitative estimate of drug-likeness (QED) is 0.756. The molecule has 0 amide bonds. The molecule has 1 aromatic carbocycles. The van der Waals surface area contributed by atoms with Gasteiger partial charge in [-0.05, 0) is 42.9 Å². The Labute approximate surface area is 91.1 Å². The molecule has 2 N–H and O–H groups in total. The highest BCUT2D eigenvalue weighted by atomic mass is 15.1. The van der Waals surface area contributed by atoms with Gasteiger partial charge in [0.15, 0.2) is 0 Å². The van der Waals surface area contributed by atoms with Gasteiger partial charge in [-0.2, -0.15) is 0 Å². The molecule has 1 fully saturated rings. The molecule has 0 aromatic heterocycles. The van der Waals surface area contributed by atoms with Crippen LogP contribution in [0.15, 0.2) is 18.2 Å². The van der Waals surface area contributed by atoms with Crippen molar-refractivity contribution in [3.05, 3.63) is 29.3 Å². The average molecular weight is 202 g/mol. The van der Waals surface area contributed by atoms with Crippen molar-refractivity contribution in [1.82, 2.24) is 0 Å². The van der Waals surface area contributed by atoms with Crippen LogP contribution in [0.25, 0.3) is 0 Å². The van der Waals surface area contributed by atoms with E-state index in [-0.39, 0.29) is 6.04 Å². The molecule has 1 aliphatic heterocycles. The van der Waals surface area contributed by atoms with Crippen molar-refractivity contribution >= 4 is 5.69 Å². The first kappa shape index (κ1) is 9.22. The maximum atomic E-state index is 6.10. The Balaban J connectivity index is 2.01. The van der Waals surface area contributed by atoms with Crippen LogP contribution in [0.5, 0.6) is 0 Å². The average Bonchev–Trinajstić information content (AvgIpc) is 2.88. The predicted octanol–water partition coefficient (Wildman–Crippen LogP) is 2.23. The summed E-state index contributed by atoms with van der Waals surface area (Å²) in [4.78, 5) is 2.52. The van der Waals surface area contributed by atoms with Gasteiger partial charge in [-0.3, -0.25) is 0 Å². The van der Waals surface area contributed by atoms with Gasteiger partial charge in [0.05, 0.1) is 0 Å². The fraction of sp³-hybridized carbons (Fsp3) is 0.538. The Hall–Kier alpha value is -1.02. The van der Waals surface area contributed by atoms with Crippen molar-refractivity contribution in [2.45, 2.75) is 31.7 Å². The van der Waals surface area contributed by atoms with Gasteiger partial charge in [-0.1, -0.05) is 12.1 Å². The number of hydrogen-bond donors (Lipinski definition) is 1. The largest absolute Gasteiger partial charge is 0.371 e. The zero-order chi connectivity index (χ0) is 10.3. The summed E-state index contributed by atoms with van der Waals surface area (Å²) in [5.74, 6) is 0. The third kappa shape index (κ3) is 1.44. The maximum Gasteiger partial charge on any atom is 0.0402 e. The van der Waals surface area contributed by atoms with Gasteiger partial charge in [-0.25, -0.2) is 0 Å². The minimum atomic E-state index is 0.280. The smallest absolute Gasteiger partial charge is 0.0402 e. The number of rotatable bonds is 1. The zero-order valence-corrected chi connectivity index (χ0v) is 9.08. The van der Waals surface area contributed by atoms with Crippen molar-refractivity contribution < 1.29 is 0 Å². The first-order chi connectivity index (χ1) is 7.36. The number of anilines is 1. The number of fused-ring (bicyclic) bond motifs is 1. The van der Waals surface area contributed by atoms with E-state index in [1.807, 2.05) is 0 Å². The van der Waals surface area contributed by atoms with Crippen LogP contribution in [0.4, 0.5) is 5.69 Å². The fourth-order valence-corrected chi connectivity index (χ4v) is 2.92. The first-order valence-electron chi connectivity index (χ1n) is 5.98. The third-order valence-corrected chi connectivity index (χ3v) is 3.74. The SMILES string of the molecule is NC1CCc2c1cccc2N1CCCC1. The Bertz CT molecular complexity index is 367. The molecule has 0 saturated carbocycles. The summed E-state index contributed by atoms with van der Waals surface area (Å²) in [5, 5.41) is 0. The highest BCUT2D eigenvalue weighted by Crippen LogP contribution is 2.36. The lowest BCUT2D eigenvalue weighted by Gasteiger charge is -2.21. The minimum absolute atomic E-state index is 0.280. The first-order valence-corrected chi connectivity index (χ1v) is 5.98. The van der Waals surface area contributed by atoms with Gasteiger partial charge >= 0.3 is 0 Å². The van der Waals surface area contributed by atoms with Crippen molar-refractivity contribution in [1.29, 1.82) is 0 Å². The van der Waals surface area contributed by atoms with Gasteiger partial charge in [0.25, 0.3) is 0 Å². The molecular formula is C13H18N2. The Kier molecular flexibility index (Phi) is 2.17. The second-order valence-electron chi connectivity index (χ2n) is 4.68. The monoisotopic (exact) mass is 202 g/mol. The number of benzene rings is 1. The van der Waals surface area contributed by atoms with Gasteiger partial charge in [0.1, 0.15) is 0 Å². The van der Waals surface area contributed by atoms with Crippen LogP contribution >= 0.6 is 0 Å². The molecule has 1 heterocycles. The number of nitrogens with two attached hydrogens (primary N) is 1. The molecule has 2 aliphatic rings. The normalized spacial score (nSPS) is 24.6. The molecule has 0 spiro atoms. The topological polar surface area (TPSA) is 29.3 Å². The Morgan fingerprint density at radius 2 is 2.00 bits per heavy atom. The summed E-state index contributed by atoms with van der Waals surface area (Å²) >= 11 is 0. The molecule has 0 bridgehead atoms. The van der Waals surface area contributed by atoms with Crippen LogP contribution in [0.3, 0.4) is 0 Å². The minimum Gasteiger partial charge on any atom is -0.371 e. The van der Waals surface area contributed by atoms with Crippen LogP contribution < -0.4 is 10.6 Å². The van der Waals surface area contributed by atoms with Crippen LogP contribution in [0, 0.1) is 0 Å². The Morgan fingerprint density at radius 3 is 2.80 bits per heavy atom. The van der Waals surface area contributed by atoms with E-state index >= 15 is 0 Å². The van der Waals surface area contributed by atoms with Gasteiger partial charge < -0.3 is 10.6 Å². The van der Waals surface area contributed by atoms with E-state index in [9.17, 15) is 0 Å². The van der Waals surface area contributed by atoms with Gasteiger partial charge in [0, 0.05) is 24.8 Å². The lowest BCUT2D eigenvalue weighted by molar-refractivity contribution is 0.713. The summed E-state index contributed by atoms with van der Waals surface area (Å²) in [7, 11) is 0. The standard InChI is InChI=1S/C13H18N2/c14-12-7-6-11-10(12)4-3-5-13(11)15-8-1-2-9-15/h3-5,12H,1-2,6-9,14H2. The molecular weight excluding hydrogens is 184 g/mol. The van der Waals surface area contributed by atoms with Gasteiger partial charge in [0.2, 0.25) is 0 Å². The second-order valence-corrected chi connectivity index (χ2v) is 4.68. The Morgan fingerprint density at radius 1 is 1.20 bits per heavy atom. The summed E-state index contributed by atoms with van der Waals surface area (Å²) in [6, 6.07) is 6.91. The van der Waals surface area contributed by atoms with E-state index in [4.69, 9.17) is 5.73 Å². The lowest BCUT2D eigenvalue weighted by Crippen LogP contribution is -2.19. The number of hydrogen-bond acceptors (Lipinski definition) is 2. The molecule has 1 aliphatic carbocycles.